The lowest BCUT2D eigenvalue weighted by atomic mass is 9.95. The molecule has 1 N–H and O–H groups in total. The Morgan fingerprint density at radius 2 is 1.93 bits per heavy atom. The Balaban J connectivity index is 0.00000210. The van der Waals surface area contributed by atoms with Crippen molar-refractivity contribution in [1.29, 1.82) is 0 Å². The Hall–Kier alpha value is -2.54. The van der Waals surface area contributed by atoms with Gasteiger partial charge in [-0.3, -0.25) is 9.36 Å². The molecule has 1 aliphatic rings. The zero-order valence-electron chi connectivity index (χ0n) is 15.0. The van der Waals surface area contributed by atoms with Crippen molar-refractivity contribution >= 4 is 35.2 Å². The number of aromatic nitrogens is 4. The summed E-state index contributed by atoms with van der Waals surface area (Å²) in [6.07, 6.45) is 8.35. The number of aryl methyl sites for hydroxylation is 1. The third-order valence-corrected chi connectivity index (χ3v) is 4.88. The quantitative estimate of drug-likeness (QED) is 0.722. The molecule has 0 aliphatic heterocycles. The maximum Gasteiger partial charge on any atom is 0.270 e. The molecule has 1 saturated carbocycles. The monoisotopic (exact) mass is 389 g/mol. The second-order valence-corrected chi connectivity index (χ2v) is 6.75. The van der Waals surface area contributed by atoms with Crippen LogP contribution < -0.4 is 10.9 Å². The molecule has 0 unspecified atom stereocenters. The van der Waals surface area contributed by atoms with Gasteiger partial charge in [-0.05, 0) is 43.5 Å². The molecule has 0 atom stereocenters. The number of nitrogens with zero attached hydrogens (tertiary/aromatic N) is 4. The first-order valence-corrected chi connectivity index (χ1v) is 8.89. The molecule has 0 radical (unpaired) electrons. The SMILES string of the molecule is Cc1cc(Nc2ncc3ncc(=O)n(C4CCCCC4)c3n2)ccc1F.Cl. The van der Waals surface area contributed by atoms with Crippen molar-refractivity contribution in [3.05, 3.63) is 52.3 Å². The second-order valence-electron chi connectivity index (χ2n) is 6.75. The number of hydrogen-bond acceptors (Lipinski definition) is 5. The molecule has 0 amide bonds. The van der Waals surface area contributed by atoms with Crippen LogP contribution in [0.15, 0.2) is 35.4 Å². The first-order valence-electron chi connectivity index (χ1n) is 8.89. The summed E-state index contributed by atoms with van der Waals surface area (Å²) in [7, 11) is 0. The number of halogens is 2. The van der Waals surface area contributed by atoms with Crippen molar-refractivity contribution in [3.8, 4) is 0 Å². The van der Waals surface area contributed by atoms with Crippen molar-refractivity contribution in [2.45, 2.75) is 45.1 Å². The lowest BCUT2D eigenvalue weighted by Gasteiger charge is -2.24. The van der Waals surface area contributed by atoms with Gasteiger partial charge < -0.3 is 5.32 Å². The van der Waals surface area contributed by atoms with Crippen molar-refractivity contribution in [2.24, 2.45) is 0 Å². The summed E-state index contributed by atoms with van der Waals surface area (Å²) < 4.78 is 15.2. The van der Waals surface area contributed by atoms with E-state index >= 15 is 0 Å². The summed E-state index contributed by atoms with van der Waals surface area (Å²) in [4.78, 5) is 25.5. The molecule has 1 aromatic carbocycles. The first kappa shape index (κ1) is 19.2. The highest BCUT2D eigenvalue weighted by atomic mass is 35.5. The van der Waals surface area contributed by atoms with Gasteiger partial charge in [0.15, 0.2) is 5.65 Å². The number of fused-ring (bicyclic) bond motifs is 1. The van der Waals surface area contributed by atoms with Crippen LogP contribution in [0.1, 0.15) is 43.7 Å². The molecular weight excluding hydrogens is 369 g/mol. The third kappa shape index (κ3) is 3.93. The van der Waals surface area contributed by atoms with Crippen LogP contribution in [0, 0.1) is 12.7 Å². The summed E-state index contributed by atoms with van der Waals surface area (Å²) in [5.41, 5.74) is 2.23. The van der Waals surface area contributed by atoms with Crippen LogP contribution in [-0.2, 0) is 0 Å². The maximum absolute atomic E-state index is 13.4. The highest BCUT2D eigenvalue weighted by molar-refractivity contribution is 5.85. The Kier molecular flexibility index (Phi) is 5.70. The number of rotatable bonds is 3. The van der Waals surface area contributed by atoms with Crippen molar-refractivity contribution in [1.82, 2.24) is 19.5 Å². The van der Waals surface area contributed by atoms with Crippen LogP contribution in [0.5, 0.6) is 0 Å². The van der Waals surface area contributed by atoms with E-state index < -0.39 is 0 Å². The van der Waals surface area contributed by atoms with Crippen molar-refractivity contribution in [2.75, 3.05) is 5.32 Å². The van der Waals surface area contributed by atoms with Gasteiger partial charge in [0.05, 0.1) is 12.4 Å². The molecule has 3 aromatic rings. The largest absolute Gasteiger partial charge is 0.324 e. The van der Waals surface area contributed by atoms with Gasteiger partial charge >= 0.3 is 0 Å². The predicted molar refractivity (Wildman–Crippen MR) is 105 cm³/mol. The van der Waals surface area contributed by atoms with Gasteiger partial charge in [-0.25, -0.2) is 14.4 Å². The normalized spacial score (nSPS) is 14.7. The zero-order valence-corrected chi connectivity index (χ0v) is 15.8. The average molecular weight is 390 g/mol. The summed E-state index contributed by atoms with van der Waals surface area (Å²) in [5, 5.41) is 3.08. The fraction of sp³-hybridized carbons (Fsp3) is 0.368. The maximum atomic E-state index is 13.4. The van der Waals surface area contributed by atoms with E-state index in [0.29, 0.717) is 28.4 Å². The van der Waals surface area contributed by atoms with E-state index in [9.17, 15) is 9.18 Å². The molecule has 4 rings (SSSR count). The summed E-state index contributed by atoms with van der Waals surface area (Å²) in [5.74, 6) is 0.103. The molecule has 0 bridgehead atoms. The van der Waals surface area contributed by atoms with Crippen molar-refractivity contribution < 1.29 is 4.39 Å². The molecule has 1 fully saturated rings. The van der Waals surface area contributed by atoms with Crippen LogP contribution in [0.4, 0.5) is 16.0 Å². The molecule has 0 spiro atoms. The lowest BCUT2D eigenvalue weighted by Crippen LogP contribution is -2.27. The number of nitrogens with one attached hydrogen (secondary N) is 1. The Morgan fingerprint density at radius 3 is 2.67 bits per heavy atom. The summed E-state index contributed by atoms with van der Waals surface area (Å²) in [6.45, 7) is 1.70. The fourth-order valence-electron chi connectivity index (χ4n) is 3.53. The van der Waals surface area contributed by atoms with Crippen LogP contribution in [0.2, 0.25) is 0 Å². The summed E-state index contributed by atoms with van der Waals surface area (Å²) >= 11 is 0. The van der Waals surface area contributed by atoms with E-state index in [1.807, 2.05) is 0 Å². The van der Waals surface area contributed by atoms with Gasteiger partial charge in [0.25, 0.3) is 5.56 Å². The Labute approximate surface area is 162 Å². The molecule has 1 aliphatic carbocycles. The molecule has 8 heteroatoms. The van der Waals surface area contributed by atoms with Crippen LogP contribution in [-0.4, -0.2) is 19.5 Å². The van der Waals surface area contributed by atoms with E-state index in [1.54, 1.807) is 29.8 Å². The lowest BCUT2D eigenvalue weighted by molar-refractivity contribution is 0.352. The second kappa shape index (κ2) is 8.00. The fourth-order valence-corrected chi connectivity index (χ4v) is 3.53. The molecule has 27 heavy (non-hydrogen) atoms. The van der Waals surface area contributed by atoms with E-state index in [4.69, 9.17) is 0 Å². The molecule has 0 saturated heterocycles. The first-order chi connectivity index (χ1) is 12.6. The predicted octanol–water partition coefficient (Wildman–Crippen LogP) is 4.30. The Morgan fingerprint density at radius 1 is 1.15 bits per heavy atom. The van der Waals surface area contributed by atoms with Gasteiger partial charge in [-0.2, -0.15) is 4.98 Å². The van der Waals surface area contributed by atoms with E-state index in [-0.39, 0.29) is 29.8 Å². The minimum atomic E-state index is -0.259. The smallest absolute Gasteiger partial charge is 0.270 e. The standard InChI is InChI=1S/C19H20FN5O.ClH/c1-12-9-13(7-8-15(12)20)23-19-22-10-16-18(24-19)25(17(26)11-21-16)14-5-3-2-4-6-14;/h7-11,14H,2-6H2,1H3,(H,22,23,24);1H. The zero-order chi connectivity index (χ0) is 18.1. The van der Waals surface area contributed by atoms with Crippen LogP contribution in [0.3, 0.4) is 0 Å². The van der Waals surface area contributed by atoms with E-state index in [2.05, 4.69) is 20.3 Å². The minimum absolute atomic E-state index is 0. The van der Waals surface area contributed by atoms with Crippen LogP contribution >= 0.6 is 12.4 Å². The van der Waals surface area contributed by atoms with Gasteiger partial charge in [0.1, 0.15) is 11.3 Å². The van der Waals surface area contributed by atoms with E-state index in [1.165, 1.54) is 18.7 Å². The van der Waals surface area contributed by atoms with Gasteiger partial charge in [-0.1, -0.05) is 19.3 Å². The topological polar surface area (TPSA) is 72.7 Å². The van der Waals surface area contributed by atoms with Gasteiger partial charge in [0, 0.05) is 11.7 Å². The van der Waals surface area contributed by atoms with Gasteiger partial charge in [0.2, 0.25) is 5.95 Å². The van der Waals surface area contributed by atoms with Gasteiger partial charge in [-0.15, -0.1) is 12.4 Å². The minimum Gasteiger partial charge on any atom is -0.324 e. The molecular formula is C19H21ClFN5O. The highest BCUT2D eigenvalue weighted by Crippen LogP contribution is 2.29. The summed E-state index contributed by atoms with van der Waals surface area (Å²) in [6, 6.07) is 4.88. The molecule has 142 valence electrons. The molecule has 2 heterocycles. The molecule has 2 aromatic heterocycles. The highest BCUT2D eigenvalue weighted by Gasteiger charge is 2.20. The number of benzene rings is 1. The average Bonchev–Trinajstić information content (AvgIpc) is 2.65. The van der Waals surface area contributed by atoms with Crippen molar-refractivity contribution in [3.63, 3.8) is 0 Å². The number of anilines is 2. The van der Waals surface area contributed by atoms with E-state index in [0.717, 1.165) is 25.7 Å². The van der Waals surface area contributed by atoms with Crippen LogP contribution in [0.25, 0.3) is 11.2 Å². The third-order valence-electron chi connectivity index (χ3n) is 4.88. The number of hydrogen-bond donors (Lipinski definition) is 1. The molecule has 6 nitrogen and oxygen atoms in total. The Bertz CT molecular complexity index is 1020.